The van der Waals surface area contributed by atoms with Crippen LogP contribution in [0.15, 0.2) is 0 Å². The minimum absolute atomic E-state index is 0.0863. The van der Waals surface area contributed by atoms with Gasteiger partial charge in [-0.2, -0.15) is 0 Å². The highest BCUT2D eigenvalue weighted by atomic mass is 16.5. The second-order valence-electron chi connectivity index (χ2n) is 10.9. The standard InChI is InChI=1S/C22H36O4/c1-14(24)26-18-10-17-19(2,13-23)8-5-9-20(17,3)16-7-6-15-11-22(16,18)12-21(15,4)25/h15-18,23,25H,5-13H2,1-4H3/t15-,16+,17-,18+,19-,20+,21-,22-/m1/s1. The quantitative estimate of drug-likeness (QED) is 0.734. The molecule has 4 aliphatic rings. The summed E-state index contributed by atoms with van der Waals surface area (Å²) >= 11 is 0. The number of rotatable bonds is 2. The van der Waals surface area contributed by atoms with Crippen LogP contribution in [0.5, 0.6) is 0 Å². The number of hydrogen-bond acceptors (Lipinski definition) is 4. The molecule has 2 N–H and O–H groups in total. The Hall–Kier alpha value is -0.610. The van der Waals surface area contributed by atoms with E-state index in [2.05, 4.69) is 13.8 Å². The van der Waals surface area contributed by atoms with Crippen molar-refractivity contribution < 1.29 is 19.7 Å². The first-order chi connectivity index (χ1) is 12.1. The Morgan fingerprint density at radius 1 is 1.15 bits per heavy atom. The van der Waals surface area contributed by atoms with Gasteiger partial charge >= 0.3 is 5.97 Å². The lowest BCUT2D eigenvalue weighted by atomic mass is 9.40. The lowest BCUT2D eigenvalue weighted by Crippen LogP contribution is -2.62. The van der Waals surface area contributed by atoms with E-state index in [1.54, 1.807) is 0 Å². The van der Waals surface area contributed by atoms with Crippen molar-refractivity contribution in [2.24, 2.45) is 34.0 Å². The molecule has 0 heterocycles. The van der Waals surface area contributed by atoms with Gasteiger partial charge in [-0.05, 0) is 80.5 Å². The maximum Gasteiger partial charge on any atom is 0.302 e. The van der Waals surface area contributed by atoms with Gasteiger partial charge in [-0.15, -0.1) is 0 Å². The van der Waals surface area contributed by atoms with Gasteiger partial charge in [-0.1, -0.05) is 20.3 Å². The summed E-state index contributed by atoms with van der Waals surface area (Å²) in [4.78, 5) is 12.0. The van der Waals surface area contributed by atoms with E-state index >= 15 is 0 Å². The molecule has 0 aliphatic heterocycles. The predicted molar refractivity (Wildman–Crippen MR) is 99.3 cm³/mol. The van der Waals surface area contributed by atoms with Gasteiger partial charge < -0.3 is 14.9 Å². The molecular formula is C22H36O4. The highest BCUT2D eigenvalue weighted by Gasteiger charge is 2.70. The maximum atomic E-state index is 12.0. The zero-order valence-electron chi connectivity index (χ0n) is 16.9. The number of carbonyl (C=O) groups excluding carboxylic acids is 1. The van der Waals surface area contributed by atoms with Crippen LogP contribution in [0.4, 0.5) is 0 Å². The first-order valence-corrected chi connectivity index (χ1v) is 10.6. The molecule has 2 bridgehead atoms. The van der Waals surface area contributed by atoms with Crippen molar-refractivity contribution in [3.8, 4) is 0 Å². The molecule has 26 heavy (non-hydrogen) atoms. The average molecular weight is 365 g/mol. The lowest BCUT2D eigenvalue weighted by molar-refractivity contribution is -0.219. The third-order valence-electron chi connectivity index (χ3n) is 9.35. The second-order valence-corrected chi connectivity index (χ2v) is 10.9. The molecule has 0 aromatic heterocycles. The molecule has 0 radical (unpaired) electrons. The molecule has 0 aromatic carbocycles. The summed E-state index contributed by atoms with van der Waals surface area (Å²) in [6.45, 7) is 8.38. The highest BCUT2D eigenvalue weighted by Crippen LogP contribution is 2.73. The number of hydrogen-bond donors (Lipinski definition) is 2. The van der Waals surface area contributed by atoms with Gasteiger partial charge in [-0.25, -0.2) is 0 Å². The number of fused-ring (bicyclic) bond motifs is 3. The van der Waals surface area contributed by atoms with Gasteiger partial charge in [0.2, 0.25) is 0 Å². The minimum atomic E-state index is -0.648. The molecule has 148 valence electrons. The van der Waals surface area contributed by atoms with Crippen LogP contribution in [0, 0.1) is 34.0 Å². The SMILES string of the molecule is CC(=O)O[C@H]1C[C@@H]2[C@@](C)(CO)CCC[C@@]2(C)[C@@H]2CC[C@@H]3C[C@]12C[C@@]3(C)O. The molecule has 0 unspecified atom stereocenters. The fourth-order valence-electron chi connectivity index (χ4n) is 8.34. The van der Waals surface area contributed by atoms with Gasteiger partial charge in [0.1, 0.15) is 6.10 Å². The Bertz CT molecular complexity index is 601. The Morgan fingerprint density at radius 3 is 2.54 bits per heavy atom. The minimum Gasteiger partial charge on any atom is -0.462 e. The molecular weight excluding hydrogens is 328 g/mol. The fraction of sp³-hybridized carbons (Fsp3) is 0.955. The molecule has 4 heteroatoms. The maximum absolute atomic E-state index is 12.0. The Kier molecular flexibility index (Phi) is 4.11. The van der Waals surface area contributed by atoms with Crippen molar-refractivity contribution in [1.82, 2.24) is 0 Å². The smallest absolute Gasteiger partial charge is 0.302 e. The second kappa shape index (κ2) is 5.70. The number of aliphatic hydroxyl groups excluding tert-OH is 1. The summed E-state index contributed by atoms with van der Waals surface area (Å²) in [6.07, 6.45) is 8.06. The van der Waals surface area contributed by atoms with Crippen LogP contribution < -0.4 is 0 Å². The summed E-state index contributed by atoms with van der Waals surface area (Å²) in [7, 11) is 0. The van der Waals surface area contributed by atoms with E-state index in [9.17, 15) is 15.0 Å². The summed E-state index contributed by atoms with van der Waals surface area (Å²) in [5.74, 6) is 0.956. The zero-order chi connectivity index (χ0) is 19.0. The molecule has 4 nitrogen and oxygen atoms in total. The fourth-order valence-corrected chi connectivity index (χ4v) is 8.34. The molecule has 1 spiro atoms. The van der Waals surface area contributed by atoms with Crippen molar-refractivity contribution in [3.63, 3.8) is 0 Å². The summed E-state index contributed by atoms with van der Waals surface area (Å²) in [5.41, 5.74) is -0.662. The monoisotopic (exact) mass is 364 g/mol. The van der Waals surface area contributed by atoms with Gasteiger partial charge in [0.25, 0.3) is 0 Å². The molecule has 8 atom stereocenters. The predicted octanol–water partition coefficient (Wildman–Crippen LogP) is 3.68. The van der Waals surface area contributed by atoms with Gasteiger partial charge in [0.05, 0.1) is 5.60 Å². The van der Waals surface area contributed by atoms with Gasteiger partial charge in [0.15, 0.2) is 0 Å². The van der Waals surface area contributed by atoms with E-state index in [1.807, 2.05) is 6.92 Å². The molecule has 4 saturated carbocycles. The molecule has 0 aromatic rings. The van der Waals surface area contributed by atoms with E-state index in [0.29, 0.717) is 17.8 Å². The van der Waals surface area contributed by atoms with Crippen LogP contribution >= 0.6 is 0 Å². The zero-order valence-corrected chi connectivity index (χ0v) is 16.9. The molecule has 4 rings (SSSR count). The summed E-state index contributed by atoms with van der Waals surface area (Å²) in [6, 6.07) is 0. The topological polar surface area (TPSA) is 66.8 Å². The van der Waals surface area contributed by atoms with E-state index in [4.69, 9.17) is 4.74 Å². The summed E-state index contributed by atoms with van der Waals surface area (Å²) < 4.78 is 5.98. The molecule has 0 amide bonds. The van der Waals surface area contributed by atoms with Crippen molar-refractivity contribution >= 4 is 5.97 Å². The number of carbonyl (C=O) groups is 1. The van der Waals surface area contributed by atoms with Crippen molar-refractivity contribution in [1.29, 1.82) is 0 Å². The van der Waals surface area contributed by atoms with Crippen LogP contribution in [-0.2, 0) is 9.53 Å². The van der Waals surface area contributed by atoms with Gasteiger partial charge in [-0.3, -0.25) is 4.79 Å². The van der Waals surface area contributed by atoms with E-state index < -0.39 is 5.60 Å². The first kappa shape index (κ1) is 18.7. The van der Waals surface area contributed by atoms with Crippen molar-refractivity contribution in [2.75, 3.05) is 6.61 Å². The number of ether oxygens (including phenoxy) is 1. The van der Waals surface area contributed by atoms with Gasteiger partial charge in [0, 0.05) is 18.9 Å². The normalized spacial score (nSPS) is 55.8. The van der Waals surface area contributed by atoms with Crippen LogP contribution in [0.3, 0.4) is 0 Å². The van der Waals surface area contributed by atoms with E-state index in [1.165, 1.54) is 13.3 Å². The first-order valence-electron chi connectivity index (χ1n) is 10.6. The van der Waals surface area contributed by atoms with Crippen LogP contribution in [0.1, 0.15) is 79.1 Å². The van der Waals surface area contributed by atoms with E-state index in [0.717, 1.165) is 44.9 Å². The Balaban J connectivity index is 1.80. The molecule has 0 saturated heterocycles. The highest BCUT2D eigenvalue weighted by molar-refractivity contribution is 5.66. The van der Waals surface area contributed by atoms with Crippen LogP contribution in [0.2, 0.25) is 0 Å². The number of aliphatic hydroxyl groups is 2. The lowest BCUT2D eigenvalue weighted by Gasteiger charge is -2.65. The molecule has 4 aliphatic carbocycles. The molecule has 4 fully saturated rings. The Morgan fingerprint density at radius 2 is 1.88 bits per heavy atom. The van der Waals surface area contributed by atoms with E-state index in [-0.39, 0.29) is 34.9 Å². The average Bonchev–Trinajstić information content (AvgIpc) is 2.75. The van der Waals surface area contributed by atoms with Crippen molar-refractivity contribution in [2.45, 2.75) is 90.8 Å². The van der Waals surface area contributed by atoms with Crippen LogP contribution in [0.25, 0.3) is 0 Å². The summed E-state index contributed by atoms with van der Waals surface area (Å²) in [5, 5.41) is 21.3. The third-order valence-corrected chi connectivity index (χ3v) is 9.35. The Labute approximate surface area is 157 Å². The number of esters is 1. The van der Waals surface area contributed by atoms with Crippen LogP contribution in [-0.4, -0.2) is 34.5 Å². The largest absolute Gasteiger partial charge is 0.462 e. The third kappa shape index (κ3) is 2.37. The van der Waals surface area contributed by atoms with Crippen molar-refractivity contribution in [3.05, 3.63) is 0 Å².